The van der Waals surface area contributed by atoms with Gasteiger partial charge in [-0.25, -0.2) is 0 Å². The highest BCUT2D eigenvalue weighted by Crippen LogP contribution is 2.37. The summed E-state index contributed by atoms with van der Waals surface area (Å²) in [6.07, 6.45) is 5.90. The molecule has 2 aromatic heterocycles. The van der Waals surface area contributed by atoms with Gasteiger partial charge in [-0.2, -0.15) is 22.1 Å². The summed E-state index contributed by atoms with van der Waals surface area (Å²) in [6, 6.07) is 18.8. The number of amides is 1. The van der Waals surface area contributed by atoms with E-state index in [2.05, 4.69) is 30.8 Å². The third kappa shape index (κ3) is 13.9. The minimum atomic E-state index is -5.24. The highest BCUT2D eigenvalue weighted by atomic mass is 35.5. The number of ether oxygens (including phenoxy) is 3. The molecule has 4 N–H and O–H groups in total. The Morgan fingerprint density at radius 3 is 2.33 bits per heavy atom. The van der Waals surface area contributed by atoms with Gasteiger partial charge in [-0.3, -0.25) is 28.5 Å². The molecule has 5 aromatic rings. The van der Waals surface area contributed by atoms with E-state index in [0.717, 1.165) is 85.0 Å². The maximum atomic E-state index is 12.7. The molecule has 0 saturated carbocycles. The van der Waals surface area contributed by atoms with E-state index < -0.39 is 37.3 Å². The Balaban J connectivity index is 1.13. The van der Waals surface area contributed by atoms with Gasteiger partial charge in [-0.05, 0) is 73.3 Å². The normalized spacial score (nSPS) is 13.4. The topological polar surface area (TPSA) is 251 Å². The van der Waals surface area contributed by atoms with Crippen molar-refractivity contribution < 1.29 is 44.9 Å². The van der Waals surface area contributed by atoms with Crippen molar-refractivity contribution >= 4 is 37.7 Å². The summed E-state index contributed by atoms with van der Waals surface area (Å²) in [6.45, 7) is 9.05. The molecule has 3 heterocycles. The molecule has 0 spiro atoms. The fourth-order valence-corrected chi connectivity index (χ4v) is 9.41. The third-order valence-electron chi connectivity index (χ3n) is 10.9. The minimum absolute atomic E-state index is 0.00816. The van der Waals surface area contributed by atoms with E-state index in [4.69, 9.17) is 25.8 Å². The number of aryl methyl sites for hydroxylation is 1. The Morgan fingerprint density at radius 1 is 0.909 bits per heavy atom. The van der Waals surface area contributed by atoms with E-state index >= 15 is 0 Å². The van der Waals surface area contributed by atoms with Crippen LogP contribution in [-0.4, -0.2) is 119 Å². The van der Waals surface area contributed by atoms with Gasteiger partial charge < -0.3 is 29.7 Å². The lowest BCUT2D eigenvalue weighted by Crippen LogP contribution is -2.44. The van der Waals surface area contributed by atoms with E-state index in [9.17, 15) is 36.0 Å². The molecule has 0 atom stereocenters. The summed E-state index contributed by atoms with van der Waals surface area (Å²) in [5, 5.41) is 23.7. The zero-order valence-corrected chi connectivity index (χ0v) is 39.1. The van der Waals surface area contributed by atoms with Crippen LogP contribution in [0, 0.1) is 25.2 Å². The predicted molar refractivity (Wildman–Crippen MR) is 245 cm³/mol. The molecular weight excluding hydrogens is 914 g/mol. The number of pyridine rings is 1. The minimum Gasteiger partial charge on any atom is -0.488 e. The van der Waals surface area contributed by atoms with Crippen LogP contribution in [0.2, 0.25) is 5.02 Å². The number of benzene rings is 3. The van der Waals surface area contributed by atoms with Crippen LogP contribution in [0.3, 0.4) is 0 Å². The van der Waals surface area contributed by atoms with Crippen molar-refractivity contribution in [3.8, 4) is 34.4 Å². The quantitative estimate of drug-likeness (QED) is 0.0711. The number of hydrogen-bond acceptors (Lipinski definition) is 15. The zero-order chi connectivity index (χ0) is 47.4. The molecule has 352 valence electrons. The highest BCUT2D eigenvalue weighted by molar-refractivity contribution is 8.04. The zero-order valence-electron chi connectivity index (χ0n) is 36.7. The van der Waals surface area contributed by atoms with Crippen LogP contribution in [0.5, 0.6) is 17.2 Å². The number of rotatable bonds is 22. The van der Waals surface area contributed by atoms with Crippen LogP contribution in [0.15, 0.2) is 73.2 Å². The van der Waals surface area contributed by atoms with Gasteiger partial charge in [0, 0.05) is 75.4 Å². The van der Waals surface area contributed by atoms with Crippen molar-refractivity contribution in [1.29, 1.82) is 5.26 Å². The summed E-state index contributed by atoms with van der Waals surface area (Å²) in [5.74, 6) is 0.551. The van der Waals surface area contributed by atoms with Gasteiger partial charge in [0.15, 0.2) is 0 Å². The van der Waals surface area contributed by atoms with Gasteiger partial charge in [-0.1, -0.05) is 47.1 Å². The molecule has 19 nitrogen and oxygen atoms in total. The summed E-state index contributed by atoms with van der Waals surface area (Å²) in [4.78, 5) is 20.8. The van der Waals surface area contributed by atoms with Crippen molar-refractivity contribution in [3.05, 3.63) is 117 Å². The van der Waals surface area contributed by atoms with E-state index in [-0.39, 0.29) is 37.9 Å². The maximum Gasteiger partial charge on any atom is 0.286 e. The molecule has 6 rings (SSSR count). The smallest absolute Gasteiger partial charge is 0.286 e. The molecule has 1 amide bonds. The first-order valence-corrected chi connectivity index (χ1v) is 24.3. The number of nitrogens with one attached hydrogen (secondary N) is 2. The van der Waals surface area contributed by atoms with Crippen molar-refractivity contribution in [1.82, 2.24) is 40.4 Å². The molecule has 1 aliphatic rings. The van der Waals surface area contributed by atoms with Gasteiger partial charge in [0.1, 0.15) is 48.8 Å². The number of carbonyl (C=O) groups excluding carboxylic acids is 1. The Morgan fingerprint density at radius 2 is 1.61 bits per heavy atom. The lowest BCUT2D eigenvalue weighted by molar-refractivity contribution is -0.121. The molecule has 1 fully saturated rings. The molecule has 1 aliphatic heterocycles. The third-order valence-corrected chi connectivity index (χ3v) is 14.3. The summed E-state index contributed by atoms with van der Waals surface area (Å²) >= 11 is 6.80. The monoisotopic (exact) mass is 965 g/mol. The van der Waals surface area contributed by atoms with Gasteiger partial charge in [0.2, 0.25) is 10.5 Å². The van der Waals surface area contributed by atoms with E-state index in [1.807, 2.05) is 67.2 Å². The fourth-order valence-electron chi connectivity index (χ4n) is 7.35. The second-order valence-corrected chi connectivity index (χ2v) is 19.7. The van der Waals surface area contributed by atoms with Gasteiger partial charge in [-0.15, -0.1) is 5.10 Å². The number of aromatic nitrogens is 4. The molecule has 0 bridgehead atoms. The number of likely N-dealkylation sites (N-methyl/N-ethyl adjacent to an activating group) is 1. The van der Waals surface area contributed by atoms with E-state index in [1.54, 1.807) is 31.4 Å². The number of carbonyl (C=O) groups is 1. The molecule has 3 aromatic carbocycles. The average Bonchev–Trinajstić information content (AvgIpc) is 3.73. The summed E-state index contributed by atoms with van der Waals surface area (Å²) < 4.78 is 82.4. The summed E-state index contributed by atoms with van der Waals surface area (Å²) in [7, 11) is -8.92. The van der Waals surface area contributed by atoms with Crippen LogP contribution in [0.25, 0.3) is 11.1 Å². The largest absolute Gasteiger partial charge is 0.488 e. The molecular formula is C44H52ClN9O10S2. The lowest BCUT2D eigenvalue weighted by Gasteiger charge is -2.26. The average molecular weight is 967 g/mol. The Labute approximate surface area is 389 Å². The molecule has 66 heavy (non-hydrogen) atoms. The van der Waals surface area contributed by atoms with Crippen LogP contribution >= 0.6 is 11.6 Å². The molecule has 0 unspecified atom stereocenters. The molecule has 0 aliphatic carbocycles. The van der Waals surface area contributed by atoms with Crippen LogP contribution in [-0.2, 0) is 57.9 Å². The number of hydrogen-bond donors (Lipinski definition) is 4. The SMILES string of the molecule is Cc1c(COc2cc(OCc3cncc(C#N)c3)c(CN(C)CC(=O)NCC(S(=O)(=O)O)S(=O)(=O)O)cc2Cl)cccc1-c1cccc(OCc2cn(CCCN3CCNCC3)nn2)c1C. The first-order valence-electron chi connectivity index (χ1n) is 20.9. The highest BCUT2D eigenvalue weighted by Gasteiger charge is 2.36. The lowest BCUT2D eigenvalue weighted by atomic mass is 9.93. The first kappa shape index (κ1) is 49.7. The fraction of sp³-hybridized carbons (Fsp3) is 0.386. The Bertz CT molecular complexity index is 2730. The van der Waals surface area contributed by atoms with Crippen molar-refractivity contribution in [2.24, 2.45) is 0 Å². The maximum absolute atomic E-state index is 12.7. The number of nitrogens with zero attached hydrogens (tertiary/aromatic N) is 7. The van der Waals surface area contributed by atoms with Crippen LogP contribution in [0.4, 0.5) is 0 Å². The molecule has 22 heteroatoms. The number of nitriles is 1. The van der Waals surface area contributed by atoms with E-state index in [0.29, 0.717) is 28.2 Å². The number of halogens is 1. The van der Waals surface area contributed by atoms with Gasteiger partial charge in [0.25, 0.3) is 20.2 Å². The Kier molecular flexibility index (Phi) is 17.1. The first-order chi connectivity index (χ1) is 31.5. The summed E-state index contributed by atoms with van der Waals surface area (Å²) in [5.41, 5.74) is 7.02. The second-order valence-electron chi connectivity index (χ2n) is 15.8. The van der Waals surface area contributed by atoms with E-state index in [1.165, 1.54) is 11.1 Å². The van der Waals surface area contributed by atoms with Gasteiger partial charge >= 0.3 is 0 Å². The van der Waals surface area contributed by atoms with Crippen molar-refractivity contribution in [3.63, 3.8) is 0 Å². The number of piperazine rings is 1. The molecule has 0 radical (unpaired) electrons. The van der Waals surface area contributed by atoms with Crippen molar-refractivity contribution in [2.45, 2.75) is 57.8 Å². The standard InChI is InChI=1S/C44H52ClN9O10S2/c1-30-34(7-4-8-37(30)38-9-5-10-40(31(38)2)64-29-36-25-54(51-50-36)14-6-13-53-15-11-47-12-16-53)28-63-42-19-41(62-27-33-17-32(20-46)21-48-22-33)35(18-39(42)45)24-52(3)26-43(55)49-23-44(65(56,57)58)66(59,60)61/h4-5,7-10,17-19,21-22,25,44,47H,6,11-16,23-24,26-29H2,1-3H3,(H,49,55)(H,56,57,58)(H,59,60,61). The van der Waals surface area contributed by atoms with Crippen LogP contribution in [0.1, 0.15) is 45.5 Å². The second kappa shape index (κ2) is 22.7. The Hall–Kier alpha value is -5.70. The van der Waals surface area contributed by atoms with Crippen LogP contribution < -0.4 is 24.8 Å². The predicted octanol–water partition coefficient (Wildman–Crippen LogP) is 4.16. The van der Waals surface area contributed by atoms with Crippen molar-refractivity contribution in [2.75, 3.05) is 52.9 Å². The molecule has 1 saturated heterocycles. The van der Waals surface area contributed by atoms with Gasteiger partial charge in [0.05, 0.1) is 29.9 Å².